The van der Waals surface area contributed by atoms with E-state index in [2.05, 4.69) is 20.8 Å². The van der Waals surface area contributed by atoms with Gasteiger partial charge < -0.3 is 9.47 Å². The van der Waals surface area contributed by atoms with E-state index in [1.807, 2.05) is 0 Å². The van der Waals surface area contributed by atoms with E-state index in [1.165, 1.54) is 77.0 Å². The Balaban J connectivity index is 1.61. The zero-order chi connectivity index (χ0) is 20.2. The van der Waals surface area contributed by atoms with Crippen molar-refractivity contribution in [3.63, 3.8) is 0 Å². The summed E-state index contributed by atoms with van der Waals surface area (Å²) in [5, 5.41) is 0. The third-order valence-electron chi connectivity index (χ3n) is 7.41. The van der Waals surface area contributed by atoms with Crippen LogP contribution in [0.2, 0.25) is 0 Å². The van der Waals surface area contributed by atoms with E-state index < -0.39 is 6.16 Å². The average Bonchev–Trinajstić information content (AvgIpc) is 2.69. The topological polar surface area (TPSA) is 35.5 Å². The molecule has 0 amide bonds. The van der Waals surface area contributed by atoms with Crippen molar-refractivity contribution in [3.8, 4) is 0 Å². The van der Waals surface area contributed by atoms with Gasteiger partial charge in [-0.2, -0.15) is 0 Å². The Bertz CT molecular complexity index is 418. The van der Waals surface area contributed by atoms with Crippen LogP contribution >= 0.6 is 0 Å². The van der Waals surface area contributed by atoms with Gasteiger partial charge in [0.25, 0.3) is 0 Å². The van der Waals surface area contributed by atoms with Crippen LogP contribution in [0.4, 0.5) is 4.79 Å². The number of hydrogen-bond donors (Lipinski definition) is 0. The van der Waals surface area contributed by atoms with Crippen molar-refractivity contribution in [3.05, 3.63) is 0 Å². The van der Waals surface area contributed by atoms with Gasteiger partial charge >= 0.3 is 6.16 Å². The molecule has 0 unspecified atom stereocenters. The van der Waals surface area contributed by atoms with Gasteiger partial charge in [-0.05, 0) is 69.6 Å². The highest BCUT2D eigenvalue weighted by Crippen LogP contribution is 2.44. The molecule has 0 N–H and O–H groups in total. The van der Waals surface area contributed by atoms with Gasteiger partial charge in [-0.25, -0.2) is 4.79 Å². The molecule has 0 saturated heterocycles. The zero-order valence-corrected chi connectivity index (χ0v) is 19.0. The first-order valence-electron chi connectivity index (χ1n) is 12.4. The number of carbonyl (C=O) groups excluding carboxylic acids is 1. The van der Waals surface area contributed by atoms with Crippen molar-refractivity contribution in [1.82, 2.24) is 0 Å². The normalized spacial score (nSPS) is 30.8. The average molecular weight is 395 g/mol. The maximum atomic E-state index is 12.0. The van der Waals surface area contributed by atoms with Crippen molar-refractivity contribution in [1.29, 1.82) is 0 Å². The smallest absolute Gasteiger partial charge is 0.434 e. The SMILES string of the molecule is CCCCCCOC(=O)OC1(C)CCC(C2CCC(CCCCC)CC2)CC1. The quantitative estimate of drug-likeness (QED) is 0.262. The molecule has 0 spiro atoms. The van der Waals surface area contributed by atoms with Crippen LogP contribution in [0.1, 0.15) is 124 Å². The Kier molecular flexibility index (Phi) is 10.7. The minimum atomic E-state index is -0.454. The molecular formula is C25H46O3. The van der Waals surface area contributed by atoms with E-state index in [4.69, 9.17) is 9.47 Å². The predicted molar refractivity (Wildman–Crippen MR) is 117 cm³/mol. The molecule has 164 valence electrons. The van der Waals surface area contributed by atoms with Gasteiger partial charge in [0.05, 0.1) is 6.61 Å². The van der Waals surface area contributed by atoms with Crippen LogP contribution in [0.15, 0.2) is 0 Å². The van der Waals surface area contributed by atoms with Gasteiger partial charge in [-0.3, -0.25) is 0 Å². The lowest BCUT2D eigenvalue weighted by Gasteiger charge is -2.41. The van der Waals surface area contributed by atoms with Gasteiger partial charge in [0.1, 0.15) is 5.60 Å². The van der Waals surface area contributed by atoms with Crippen LogP contribution in [0.3, 0.4) is 0 Å². The molecule has 2 saturated carbocycles. The molecule has 2 aliphatic carbocycles. The molecule has 0 heterocycles. The molecule has 2 fully saturated rings. The van der Waals surface area contributed by atoms with Gasteiger partial charge in [0.15, 0.2) is 0 Å². The first-order valence-corrected chi connectivity index (χ1v) is 12.4. The number of hydrogen-bond acceptors (Lipinski definition) is 3. The molecule has 0 aromatic heterocycles. The molecular weight excluding hydrogens is 348 g/mol. The molecule has 0 aromatic carbocycles. The van der Waals surface area contributed by atoms with Crippen molar-refractivity contribution >= 4 is 6.16 Å². The highest BCUT2D eigenvalue weighted by atomic mass is 16.7. The minimum absolute atomic E-state index is 0.311. The molecule has 2 rings (SSSR count). The lowest BCUT2D eigenvalue weighted by molar-refractivity contribution is -0.0568. The fraction of sp³-hybridized carbons (Fsp3) is 0.960. The van der Waals surface area contributed by atoms with E-state index >= 15 is 0 Å². The lowest BCUT2D eigenvalue weighted by atomic mass is 9.68. The summed E-state index contributed by atoms with van der Waals surface area (Å²) in [5.74, 6) is 2.75. The first-order chi connectivity index (χ1) is 13.6. The van der Waals surface area contributed by atoms with Gasteiger partial charge in [0.2, 0.25) is 0 Å². The third-order valence-corrected chi connectivity index (χ3v) is 7.41. The second-order valence-corrected chi connectivity index (χ2v) is 9.83. The van der Waals surface area contributed by atoms with Crippen LogP contribution in [0.25, 0.3) is 0 Å². The van der Waals surface area contributed by atoms with Gasteiger partial charge in [-0.1, -0.05) is 71.6 Å². The second kappa shape index (κ2) is 12.8. The van der Waals surface area contributed by atoms with Gasteiger partial charge in [-0.15, -0.1) is 0 Å². The summed E-state index contributed by atoms with van der Waals surface area (Å²) in [6.45, 7) is 7.08. The summed E-state index contributed by atoms with van der Waals surface area (Å²) in [6.07, 6.45) is 19.8. The molecule has 0 aromatic rings. The summed E-state index contributed by atoms with van der Waals surface area (Å²) in [4.78, 5) is 12.0. The summed E-state index contributed by atoms with van der Waals surface area (Å²) < 4.78 is 11.0. The number of rotatable bonds is 11. The molecule has 3 heteroatoms. The highest BCUT2D eigenvalue weighted by Gasteiger charge is 2.38. The summed E-state index contributed by atoms with van der Waals surface area (Å²) in [6, 6.07) is 0. The fourth-order valence-electron chi connectivity index (χ4n) is 5.37. The Morgan fingerprint density at radius 1 is 0.821 bits per heavy atom. The fourth-order valence-corrected chi connectivity index (χ4v) is 5.37. The van der Waals surface area contributed by atoms with E-state index in [0.717, 1.165) is 43.4 Å². The molecule has 0 radical (unpaired) electrons. The number of ether oxygens (including phenoxy) is 2. The first kappa shape index (κ1) is 23.5. The molecule has 0 bridgehead atoms. The summed E-state index contributed by atoms with van der Waals surface area (Å²) in [7, 11) is 0. The molecule has 3 nitrogen and oxygen atoms in total. The Morgan fingerprint density at radius 2 is 1.43 bits per heavy atom. The lowest BCUT2D eigenvalue weighted by Crippen LogP contribution is -2.38. The highest BCUT2D eigenvalue weighted by molar-refractivity contribution is 5.60. The van der Waals surface area contributed by atoms with Crippen molar-refractivity contribution in [2.45, 2.75) is 129 Å². The summed E-state index contributed by atoms with van der Waals surface area (Å²) in [5.41, 5.74) is -0.311. The van der Waals surface area contributed by atoms with Crippen molar-refractivity contribution < 1.29 is 14.3 Å². The molecule has 2 aliphatic rings. The van der Waals surface area contributed by atoms with Gasteiger partial charge in [0, 0.05) is 0 Å². The van der Waals surface area contributed by atoms with Crippen LogP contribution in [0.5, 0.6) is 0 Å². The minimum Gasteiger partial charge on any atom is -0.434 e. The van der Waals surface area contributed by atoms with E-state index in [-0.39, 0.29) is 5.60 Å². The summed E-state index contributed by atoms with van der Waals surface area (Å²) >= 11 is 0. The van der Waals surface area contributed by atoms with Crippen LogP contribution in [-0.4, -0.2) is 18.4 Å². The van der Waals surface area contributed by atoms with Crippen LogP contribution in [0, 0.1) is 17.8 Å². The number of unbranched alkanes of at least 4 members (excludes halogenated alkanes) is 5. The Morgan fingerprint density at radius 3 is 2.07 bits per heavy atom. The third kappa shape index (κ3) is 8.33. The zero-order valence-electron chi connectivity index (χ0n) is 19.0. The molecule has 28 heavy (non-hydrogen) atoms. The Hall–Kier alpha value is -0.730. The van der Waals surface area contributed by atoms with Crippen molar-refractivity contribution in [2.75, 3.05) is 6.61 Å². The van der Waals surface area contributed by atoms with Crippen molar-refractivity contribution in [2.24, 2.45) is 17.8 Å². The van der Waals surface area contributed by atoms with E-state index in [9.17, 15) is 4.79 Å². The van der Waals surface area contributed by atoms with Crippen LogP contribution in [-0.2, 0) is 9.47 Å². The predicted octanol–water partition coefficient (Wildman–Crippen LogP) is 8.06. The molecule has 0 atom stereocenters. The van der Waals surface area contributed by atoms with E-state index in [1.54, 1.807) is 0 Å². The standard InChI is InChI=1S/C25H46O3/c1-4-6-8-10-20-27-24(26)28-25(3)18-16-23(17-19-25)22-14-12-21(13-15-22)11-9-7-5-2/h21-23H,4-20H2,1-3H3. The van der Waals surface area contributed by atoms with Crippen LogP contribution < -0.4 is 0 Å². The van der Waals surface area contributed by atoms with E-state index in [0.29, 0.717) is 6.61 Å². The largest absolute Gasteiger partial charge is 0.508 e. The maximum Gasteiger partial charge on any atom is 0.508 e. The molecule has 0 aliphatic heterocycles. The Labute approximate surface area is 174 Å². The maximum absolute atomic E-state index is 12.0. The monoisotopic (exact) mass is 394 g/mol. The number of carbonyl (C=O) groups is 1. The second-order valence-electron chi connectivity index (χ2n) is 9.83.